The number of ether oxygens (including phenoxy) is 1. The minimum Gasteiger partial charge on any atom is -0.378 e. The molecule has 0 aromatic heterocycles. The van der Waals surface area contributed by atoms with Crippen LogP contribution in [0.25, 0.3) is 0 Å². The van der Waals surface area contributed by atoms with E-state index in [2.05, 4.69) is 89.7 Å². The van der Waals surface area contributed by atoms with Gasteiger partial charge in [-0.1, -0.05) is 79.8 Å². The van der Waals surface area contributed by atoms with E-state index in [0.717, 1.165) is 44.9 Å². The molecule has 6 heteroatoms. The third-order valence-corrected chi connectivity index (χ3v) is 4.61. The van der Waals surface area contributed by atoms with Crippen molar-refractivity contribution < 1.29 is 14.3 Å². The molecule has 0 aromatic carbocycles. The van der Waals surface area contributed by atoms with Gasteiger partial charge >= 0.3 is 0 Å². The zero-order valence-electron chi connectivity index (χ0n) is 21.8. The van der Waals surface area contributed by atoms with E-state index in [1.54, 1.807) is 7.05 Å². The lowest BCUT2D eigenvalue weighted by Crippen LogP contribution is -2.34. The molecule has 35 heavy (non-hydrogen) atoms. The summed E-state index contributed by atoms with van der Waals surface area (Å²) in [6.45, 7) is 4.27. The summed E-state index contributed by atoms with van der Waals surface area (Å²) < 4.78 is 5.37. The van der Waals surface area contributed by atoms with Gasteiger partial charge in [-0.05, 0) is 52.0 Å². The maximum atomic E-state index is 11.8. The van der Waals surface area contributed by atoms with Crippen LogP contribution >= 0.6 is 0 Å². The summed E-state index contributed by atoms with van der Waals surface area (Å²) in [6.07, 6.45) is 33.2. The molecule has 0 saturated heterocycles. The summed E-state index contributed by atoms with van der Waals surface area (Å²) in [4.78, 5) is 23.0. The van der Waals surface area contributed by atoms with Gasteiger partial charge in [0.05, 0.1) is 19.8 Å². The average molecular weight is 486 g/mol. The van der Waals surface area contributed by atoms with Crippen molar-refractivity contribution in [2.75, 3.05) is 39.9 Å². The van der Waals surface area contributed by atoms with Gasteiger partial charge in [-0.3, -0.25) is 9.59 Å². The number of nitrogens with one attached hydrogen (secondary N) is 3. The smallest absolute Gasteiger partial charge is 0.234 e. The number of carbonyl (C=O) groups is 2. The van der Waals surface area contributed by atoms with E-state index in [1.165, 1.54) is 0 Å². The predicted octanol–water partition coefficient (Wildman–Crippen LogP) is 4.93. The van der Waals surface area contributed by atoms with Gasteiger partial charge in [0.1, 0.15) is 0 Å². The number of carbonyl (C=O) groups excluding carboxylic acids is 2. The van der Waals surface area contributed by atoms with Crippen molar-refractivity contribution in [1.82, 2.24) is 16.0 Å². The molecule has 0 aliphatic rings. The van der Waals surface area contributed by atoms with Gasteiger partial charge in [0.2, 0.25) is 11.8 Å². The van der Waals surface area contributed by atoms with Crippen molar-refractivity contribution in [3.05, 3.63) is 72.9 Å². The van der Waals surface area contributed by atoms with Crippen LogP contribution in [0.3, 0.4) is 0 Å². The summed E-state index contributed by atoms with van der Waals surface area (Å²) in [6, 6.07) is 0. The second-order valence-electron chi connectivity index (χ2n) is 7.80. The summed E-state index contributed by atoms with van der Waals surface area (Å²) >= 11 is 0. The Morgan fingerprint density at radius 1 is 0.629 bits per heavy atom. The van der Waals surface area contributed by atoms with Crippen LogP contribution in [0, 0.1) is 0 Å². The van der Waals surface area contributed by atoms with Crippen molar-refractivity contribution in [2.24, 2.45) is 0 Å². The molecule has 2 amide bonds. The highest BCUT2D eigenvalue weighted by atomic mass is 16.5. The number of hydrogen-bond donors (Lipinski definition) is 3. The number of amides is 2. The fourth-order valence-electron chi connectivity index (χ4n) is 2.79. The van der Waals surface area contributed by atoms with E-state index in [4.69, 9.17) is 4.74 Å². The van der Waals surface area contributed by atoms with Gasteiger partial charge in [-0.2, -0.15) is 0 Å². The first-order chi connectivity index (χ1) is 17.2. The molecule has 0 aromatic rings. The molecule has 0 saturated carbocycles. The third kappa shape index (κ3) is 27.4. The molecule has 0 atom stereocenters. The van der Waals surface area contributed by atoms with Gasteiger partial charge in [-0.15, -0.1) is 0 Å². The highest BCUT2D eigenvalue weighted by Gasteiger charge is 1.99. The number of rotatable bonds is 22. The van der Waals surface area contributed by atoms with E-state index >= 15 is 0 Å². The normalized spacial score (nSPS) is 12.4. The lowest BCUT2D eigenvalue weighted by Gasteiger charge is -2.07. The van der Waals surface area contributed by atoms with Crippen LogP contribution in [-0.2, 0) is 14.3 Å². The molecule has 0 spiro atoms. The number of allylic oxidation sites excluding steroid dienone is 12. The van der Waals surface area contributed by atoms with E-state index in [9.17, 15) is 9.59 Å². The van der Waals surface area contributed by atoms with E-state index in [0.29, 0.717) is 39.3 Å². The molecule has 0 aliphatic carbocycles. The van der Waals surface area contributed by atoms with Gasteiger partial charge < -0.3 is 20.7 Å². The minimum atomic E-state index is -0.0567. The van der Waals surface area contributed by atoms with Gasteiger partial charge in [0, 0.05) is 19.5 Å². The summed E-state index contributed by atoms with van der Waals surface area (Å²) in [5, 5.41) is 8.34. The molecular formula is C29H47N3O3. The largest absolute Gasteiger partial charge is 0.378 e. The minimum absolute atomic E-state index is 0.0236. The maximum absolute atomic E-state index is 11.8. The molecule has 0 radical (unpaired) electrons. The Hall–Kier alpha value is -2.70. The lowest BCUT2D eigenvalue weighted by molar-refractivity contribution is -0.121. The van der Waals surface area contributed by atoms with Gasteiger partial charge in [0.25, 0.3) is 0 Å². The van der Waals surface area contributed by atoms with E-state index in [1.807, 2.05) is 6.08 Å². The molecule has 6 nitrogen and oxygen atoms in total. The second kappa shape index (κ2) is 27.5. The highest BCUT2D eigenvalue weighted by Crippen LogP contribution is 1.97. The maximum Gasteiger partial charge on any atom is 0.234 e. The first kappa shape index (κ1) is 32.3. The topological polar surface area (TPSA) is 79.5 Å². The first-order valence-corrected chi connectivity index (χ1v) is 12.9. The zero-order chi connectivity index (χ0) is 25.7. The van der Waals surface area contributed by atoms with Crippen molar-refractivity contribution in [3.63, 3.8) is 0 Å². The van der Waals surface area contributed by atoms with Crippen molar-refractivity contribution >= 4 is 11.8 Å². The average Bonchev–Trinajstić information content (AvgIpc) is 2.85. The molecule has 0 fully saturated rings. The summed E-state index contributed by atoms with van der Waals surface area (Å²) in [5.41, 5.74) is 0. The van der Waals surface area contributed by atoms with E-state index in [-0.39, 0.29) is 11.8 Å². The van der Waals surface area contributed by atoms with Crippen molar-refractivity contribution in [3.8, 4) is 0 Å². The molecule has 0 rings (SSSR count). The Balaban J connectivity index is 3.53. The molecule has 0 bridgehead atoms. The number of hydrogen-bond acceptors (Lipinski definition) is 4. The highest BCUT2D eigenvalue weighted by molar-refractivity contribution is 5.77. The van der Waals surface area contributed by atoms with Crippen LogP contribution in [0.2, 0.25) is 0 Å². The predicted molar refractivity (Wildman–Crippen MR) is 148 cm³/mol. The molecular weight excluding hydrogens is 438 g/mol. The van der Waals surface area contributed by atoms with Crippen molar-refractivity contribution in [2.45, 2.75) is 58.3 Å². The Labute approximate surface area is 213 Å². The standard InChI is InChI=1S/C29H47N3O3/c1-3-4-5-6-7-8-9-10-11-12-13-14-15-16-17-18-19-20-21-22-28(33)31-23-25-35-26-24-32-29(34)27-30-2/h4-5,7-8,10-11,13-14,16-17,19-20,30H,3,6,9,12,15,18,21-27H2,1-2H3,(H,31,33)(H,32,34). The van der Waals surface area contributed by atoms with Crippen LogP contribution in [0.1, 0.15) is 58.3 Å². The van der Waals surface area contributed by atoms with Gasteiger partial charge in [0.15, 0.2) is 0 Å². The Morgan fingerprint density at radius 3 is 1.51 bits per heavy atom. The Bertz CT molecular complexity index is 691. The number of likely N-dealkylation sites (N-methyl/N-ethyl adjacent to an activating group) is 1. The molecule has 0 aliphatic heterocycles. The zero-order valence-corrected chi connectivity index (χ0v) is 21.8. The Kier molecular flexibility index (Phi) is 25.4. The van der Waals surface area contributed by atoms with E-state index < -0.39 is 0 Å². The molecule has 0 unspecified atom stereocenters. The van der Waals surface area contributed by atoms with Crippen LogP contribution < -0.4 is 16.0 Å². The monoisotopic (exact) mass is 485 g/mol. The Morgan fingerprint density at radius 2 is 1.06 bits per heavy atom. The second-order valence-corrected chi connectivity index (χ2v) is 7.80. The summed E-state index contributed by atoms with van der Waals surface area (Å²) in [5.74, 6) is -0.0331. The molecule has 0 heterocycles. The summed E-state index contributed by atoms with van der Waals surface area (Å²) in [7, 11) is 1.72. The molecule has 196 valence electrons. The quantitative estimate of drug-likeness (QED) is 0.150. The van der Waals surface area contributed by atoms with Gasteiger partial charge in [-0.25, -0.2) is 0 Å². The van der Waals surface area contributed by atoms with Crippen LogP contribution in [0.15, 0.2) is 72.9 Å². The fourth-order valence-corrected chi connectivity index (χ4v) is 2.79. The van der Waals surface area contributed by atoms with Crippen LogP contribution in [0.4, 0.5) is 0 Å². The van der Waals surface area contributed by atoms with Crippen LogP contribution in [0.5, 0.6) is 0 Å². The lowest BCUT2D eigenvalue weighted by atomic mass is 10.2. The first-order valence-electron chi connectivity index (χ1n) is 12.9. The van der Waals surface area contributed by atoms with Crippen molar-refractivity contribution in [1.29, 1.82) is 0 Å². The van der Waals surface area contributed by atoms with Crippen LogP contribution in [-0.4, -0.2) is 51.7 Å². The molecule has 3 N–H and O–H groups in total. The third-order valence-electron chi connectivity index (χ3n) is 4.61. The SMILES string of the molecule is CCC=CCC=CCC=CCC=CCC=CCC=CCCC(=O)NCCOCCNC(=O)CNC. The fraction of sp³-hybridized carbons (Fsp3) is 0.517.